The number of halogens is 3. The van der Waals surface area contributed by atoms with Gasteiger partial charge in [-0.05, 0) is 26.8 Å². The number of ether oxygens (including phenoxy) is 2. The first kappa shape index (κ1) is 20.5. The van der Waals surface area contributed by atoms with Crippen molar-refractivity contribution in [1.29, 1.82) is 0 Å². The molecule has 1 rings (SSSR count). The molecule has 0 atom stereocenters. The molecule has 0 radical (unpaired) electrons. The molecule has 0 fully saturated rings. The van der Waals surface area contributed by atoms with E-state index in [9.17, 15) is 27.6 Å². The average molecular weight is 364 g/mol. The van der Waals surface area contributed by atoms with E-state index in [2.05, 4.69) is 4.74 Å². The van der Waals surface area contributed by atoms with Crippen molar-refractivity contribution in [3.05, 3.63) is 23.0 Å². The maximum absolute atomic E-state index is 12.0. The molecule has 0 aliphatic heterocycles. The predicted molar refractivity (Wildman–Crippen MR) is 79.9 cm³/mol. The van der Waals surface area contributed by atoms with Crippen LogP contribution in [0.5, 0.6) is 0 Å². The molecule has 0 aliphatic rings. The lowest BCUT2D eigenvalue weighted by molar-refractivity contribution is -0.151. The summed E-state index contributed by atoms with van der Waals surface area (Å²) in [5.74, 6) is -2.40. The zero-order chi connectivity index (χ0) is 19.2. The Labute approximate surface area is 142 Å². The third-order valence-electron chi connectivity index (χ3n) is 3.21. The number of aryl methyl sites for hydroxylation is 1. The minimum atomic E-state index is -4.54. The maximum atomic E-state index is 12.0. The van der Waals surface area contributed by atoms with Crippen LogP contribution in [0, 0.1) is 13.8 Å². The Morgan fingerprint density at radius 3 is 2.40 bits per heavy atom. The highest BCUT2D eigenvalue weighted by Gasteiger charge is 2.27. The topological polar surface area (TPSA) is 86.6 Å². The Morgan fingerprint density at radius 1 is 1.20 bits per heavy atom. The first-order valence-electron chi connectivity index (χ1n) is 7.38. The van der Waals surface area contributed by atoms with E-state index in [1.807, 2.05) is 0 Å². The summed E-state index contributed by atoms with van der Waals surface area (Å²) in [6.07, 6.45) is -4.54. The SMILES string of the molecule is CCOC(=O)c1cc(C)n(CC(=O)OCC(=O)NCC(F)(F)F)c1C. The number of nitrogens with one attached hydrogen (secondary N) is 1. The van der Waals surface area contributed by atoms with E-state index in [4.69, 9.17) is 4.74 Å². The van der Waals surface area contributed by atoms with Crippen molar-refractivity contribution in [3.63, 3.8) is 0 Å². The summed E-state index contributed by atoms with van der Waals surface area (Å²) in [6, 6.07) is 1.55. The molecule has 10 heteroatoms. The quantitative estimate of drug-likeness (QED) is 0.741. The van der Waals surface area contributed by atoms with Crippen molar-refractivity contribution in [2.24, 2.45) is 0 Å². The molecule has 0 unspecified atom stereocenters. The highest BCUT2D eigenvalue weighted by atomic mass is 19.4. The number of amides is 1. The third kappa shape index (κ3) is 6.48. The van der Waals surface area contributed by atoms with Gasteiger partial charge in [-0.1, -0.05) is 0 Å². The Morgan fingerprint density at radius 2 is 1.84 bits per heavy atom. The van der Waals surface area contributed by atoms with Crippen LogP contribution < -0.4 is 5.32 Å². The summed E-state index contributed by atoms with van der Waals surface area (Å²) in [4.78, 5) is 34.7. The Kier molecular flexibility index (Phi) is 7.01. The smallest absolute Gasteiger partial charge is 0.405 e. The lowest BCUT2D eigenvalue weighted by Crippen LogP contribution is -2.36. The van der Waals surface area contributed by atoms with Gasteiger partial charge in [0.15, 0.2) is 6.61 Å². The van der Waals surface area contributed by atoms with E-state index in [0.717, 1.165) is 0 Å². The molecule has 7 nitrogen and oxygen atoms in total. The second-order valence-corrected chi connectivity index (χ2v) is 5.14. The van der Waals surface area contributed by atoms with E-state index in [1.54, 1.807) is 32.2 Å². The van der Waals surface area contributed by atoms with Gasteiger partial charge in [0, 0.05) is 11.4 Å². The monoisotopic (exact) mass is 364 g/mol. The van der Waals surface area contributed by atoms with Crippen LogP contribution in [-0.4, -0.2) is 48.3 Å². The number of rotatable bonds is 7. The van der Waals surface area contributed by atoms with E-state index in [0.29, 0.717) is 17.0 Å². The Bertz CT molecular complexity index is 652. The van der Waals surface area contributed by atoms with Gasteiger partial charge < -0.3 is 19.4 Å². The van der Waals surface area contributed by atoms with Crippen molar-refractivity contribution in [2.45, 2.75) is 33.5 Å². The zero-order valence-corrected chi connectivity index (χ0v) is 14.0. The van der Waals surface area contributed by atoms with Gasteiger partial charge in [0.25, 0.3) is 5.91 Å². The van der Waals surface area contributed by atoms with Gasteiger partial charge in [-0.2, -0.15) is 13.2 Å². The summed E-state index contributed by atoms with van der Waals surface area (Å²) in [7, 11) is 0. The second kappa shape index (κ2) is 8.54. The number of hydrogen-bond acceptors (Lipinski definition) is 5. The van der Waals surface area contributed by atoms with Crippen molar-refractivity contribution >= 4 is 17.8 Å². The molecule has 0 saturated heterocycles. The van der Waals surface area contributed by atoms with Crippen LogP contribution in [0.4, 0.5) is 13.2 Å². The number of alkyl halides is 3. The van der Waals surface area contributed by atoms with E-state index >= 15 is 0 Å². The van der Waals surface area contributed by atoms with Crippen molar-refractivity contribution < 1.29 is 37.0 Å². The fraction of sp³-hybridized carbons (Fsp3) is 0.533. The minimum absolute atomic E-state index is 0.206. The van der Waals surface area contributed by atoms with Crippen LogP contribution in [0.2, 0.25) is 0 Å². The Balaban J connectivity index is 2.60. The van der Waals surface area contributed by atoms with Gasteiger partial charge in [0.05, 0.1) is 12.2 Å². The average Bonchev–Trinajstić information content (AvgIpc) is 2.78. The molecular formula is C15H19F3N2O5. The summed E-state index contributed by atoms with van der Waals surface area (Å²) in [5, 5.41) is 1.59. The highest BCUT2D eigenvalue weighted by Crippen LogP contribution is 2.16. The van der Waals surface area contributed by atoms with Crippen molar-refractivity contribution in [3.8, 4) is 0 Å². The number of carbonyl (C=O) groups excluding carboxylic acids is 3. The van der Waals surface area contributed by atoms with Crippen molar-refractivity contribution in [1.82, 2.24) is 9.88 Å². The van der Waals surface area contributed by atoms with Crippen molar-refractivity contribution in [2.75, 3.05) is 19.8 Å². The summed E-state index contributed by atoms with van der Waals surface area (Å²) >= 11 is 0. The number of aromatic nitrogens is 1. The molecule has 0 bridgehead atoms. The molecule has 0 aliphatic carbocycles. The predicted octanol–water partition coefficient (Wildman–Crippen LogP) is 1.50. The molecule has 1 aromatic rings. The van der Waals surface area contributed by atoms with Crippen LogP contribution >= 0.6 is 0 Å². The van der Waals surface area contributed by atoms with E-state index in [1.165, 1.54) is 4.57 Å². The van der Waals surface area contributed by atoms with E-state index < -0.39 is 37.2 Å². The van der Waals surface area contributed by atoms with Crippen LogP contribution in [0.1, 0.15) is 28.7 Å². The van der Waals surface area contributed by atoms with E-state index in [-0.39, 0.29) is 13.2 Å². The standard InChI is InChI=1S/C15H19F3N2O5/c1-4-24-14(23)11-5-9(2)20(10(11)3)6-13(22)25-7-12(21)19-8-15(16,17)18/h5H,4,6-8H2,1-3H3,(H,19,21). The molecule has 1 aromatic heterocycles. The minimum Gasteiger partial charge on any atom is -0.462 e. The van der Waals surface area contributed by atoms with Gasteiger partial charge in [0.2, 0.25) is 0 Å². The molecule has 1 heterocycles. The number of carbonyl (C=O) groups is 3. The van der Waals surface area contributed by atoms with Crippen LogP contribution in [0.25, 0.3) is 0 Å². The van der Waals surface area contributed by atoms with Gasteiger partial charge in [-0.25, -0.2) is 4.79 Å². The highest BCUT2D eigenvalue weighted by molar-refractivity contribution is 5.91. The molecule has 140 valence electrons. The van der Waals surface area contributed by atoms with Crippen LogP contribution in [0.3, 0.4) is 0 Å². The maximum Gasteiger partial charge on any atom is 0.405 e. The fourth-order valence-electron chi connectivity index (χ4n) is 2.03. The van der Waals surface area contributed by atoms with Crippen LogP contribution in [-0.2, 0) is 25.6 Å². The third-order valence-corrected chi connectivity index (χ3v) is 3.21. The molecule has 25 heavy (non-hydrogen) atoms. The molecular weight excluding hydrogens is 345 g/mol. The summed E-state index contributed by atoms with van der Waals surface area (Å²) in [6.45, 7) is 2.54. The molecule has 0 saturated carbocycles. The fourth-order valence-corrected chi connectivity index (χ4v) is 2.03. The number of hydrogen-bond donors (Lipinski definition) is 1. The van der Waals surface area contributed by atoms with Gasteiger partial charge in [-0.15, -0.1) is 0 Å². The summed E-state index contributed by atoms with van der Waals surface area (Å²) in [5.41, 5.74) is 1.38. The number of nitrogens with zero attached hydrogens (tertiary/aromatic N) is 1. The largest absolute Gasteiger partial charge is 0.462 e. The lowest BCUT2D eigenvalue weighted by atomic mass is 10.2. The normalized spacial score (nSPS) is 11.1. The first-order chi connectivity index (χ1) is 11.5. The molecule has 1 amide bonds. The zero-order valence-electron chi connectivity index (χ0n) is 14.0. The lowest BCUT2D eigenvalue weighted by Gasteiger charge is -2.11. The van der Waals surface area contributed by atoms with Crippen LogP contribution in [0.15, 0.2) is 6.07 Å². The summed E-state index contributed by atoms with van der Waals surface area (Å²) < 4.78 is 46.9. The van der Waals surface area contributed by atoms with Gasteiger partial charge in [-0.3, -0.25) is 9.59 Å². The molecule has 1 N–H and O–H groups in total. The Hall–Kier alpha value is -2.52. The second-order valence-electron chi connectivity index (χ2n) is 5.14. The molecule has 0 spiro atoms. The number of esters is 2. The molecule has 0 aromatic carbocycles. The van der Waals surface area contributed by atoms with Gasteiger partial charge in [0.1, 0.15) is 13.1 Å². The first-order valence-corrected chi connectivity index (χ1v) is 7.38. The van der Waals surface area contributed by atoms with Gasteiger partial charge >= 0.3 is 18.1 Å².